The molecule has 1 saturated heterocycles. The molecule has 7 nitrogen and oxygen atoms in total. The summed E-state index contributed by atoms with van der Waals surface area (Å²) >= 11 is 0. The maximum Gasteiger partial charge on any atom is 0.245 e. The standard InChI is InChI=1S/C16H21FN6O/c1-3-11-13(17)15(19-9-18-11)23-7-6-22(2)12(8-23)16-20-14(21-24-16)10-4-5-10/h9-10,12H,3-8H2,1-2H3/t12-/m0/s1. The Hall–Kier alpha value is -2.09. The summed E-state index contributed by atoms with van der Waals surface area (Å²) in [7, 11) is 2.02. The van der Waals surface area contributed by atoms with E-state index in [0.717, 1.165) is 25.2 Å². The molecule has 3 heterocycles. The van der Waals surface area contributed by atoms with E-state index in [2.05, 4.69) is 25.0 Å². The molecular formula is C16H21FN6O. The Balaban J connectivity index is 1.58. The predicted octanol–water partition coefficient (Wildman–Crippen LogP) is 1.93. The Morgan fingerprint density at radius 3 is 2.88 bits per heavy atom. The second-order valence-corrected chi connectivity index (χ2v) is 6.52. The second-order valence-electron chi connectivity index (χ2n) is 6.52. The number of likely N-dealkylation sites (N-methyl/N-ethyl adjacent to an activating group) is 1. The van der Waals surface area contributed by atoms with E-state index in [1.165, 1.54) is 6.33 Å². The minimum atomic E-state index is -0.326. The van der Waals surface area contributed by atoms with Gasteiger partial charge in [0, 0.05) is 25.6 Å². The molecule has 0 N–H and O–H groups in total. The molecule has 1 aliphatic carbocycles. The molecule has 0 unspecified atom stereocenters. The number of rotatable bonds is 4. The van der Waals surface area contributed by atoms with Crippen molar-refractivity contribution in [3.63, 3.8) is 0 Å². The van der Waals surface area contributed by atoms with Crippen molar-refractivity contribution in [1.29, 1.82) is 0 Å². The highest BCUT2D eigenvalue weighted by Crippen LogP contribution is 2.39. The van der Waals surface area contributed by atoms with Crippen molar-refractivity contribution in [2.24, 2.45) is 0 Å². The van der Waals surface area contributed by atoms with Gasteiger partial charge in [-0.1, -0.05) is 12.1 Å². The quantitative estimate of drug-likeness (QED) is 0.847. The maximum atomic E-state index is 14.6. The van der Waals surface area contributed by atoms with Gasteiger partial charge in [0.25, 0.3) is 0 Å². The number of nitrogens with zero attached hydrogens (tertiary/aromatic N) is 6. The van der Waals surface area contributed by atoms with Crippen LogP contribution < -0.4 is 4.90 Å². The molecule has 1 aliphatic heterocycles. The molecule has 2 aromatic rings. The van der Waals surface area contributed by atoms with Crippen LogP contribution in [-0.2, 0) is 6.42 Å². The lowest BCUT2D eigenvalue weighted by atomic mass is 10.1. The molecule has 4 rings (SSSR count). The highest BCUT2D eigenvalue weighted by atomic mass is 19.1. The average Bonchev–Trinajstić information content (AvgIpc) is 3.33. The lowest BCUT2D eigenvalue weighted by Crippen LogP contribution is -2.47. The lowest BCUT2D eigenvalue weighted by Gasteiger charge is -2.38. The number of anilines is 1. The summed E-state index contributed by atoms with van der Waals surface area (Å²) in [5.41, 5.74) is 0.448. The normalized spacial score (nSPS) is 22.1. The van der Waals surface area contributed by atoms with E-state index in [1.54, 1.807) is 0 Å². The molecule has 0 spiro atoms. The van der Waals surface area contributed by atoms with Crippen LogP contribution in [0, 0.1) is 5.82 Å². The van der Waals surface area contributed by atoms with Crippen molar-refractivity contribution in [1.82, 2.24) is 25.0 Å². The van der Waals surface area contributed by atoms with Gasteiger partial charge in [0.1, 0.15) is 12.4 Å². The summed E-state index contributed by atoms with van der Waals surface area (Å²) in [6, 6.07) is -0.0572. The fraction of sp³-hybridized carbons (Fsp3) is 0.625. The summed E-state index contributed by atoms with van der Waals surface area (Å²) in [6.45, 7) is 3.93. The van der Waals surface area contributed by atoms with Crippen LogP contribution in [0.3, 0.4) is 0 Å². The molecule has 128 valence electrons. The molecule has 2 fully saturated rings. The molecule has 8 heteroatoms. The topological polar surface area (TPSA) is 71.2 Å². The Kier molecular flexibility index (Phi) is 3.91. The van der Waals surface area contributed by atoms with Gasteiger partial charge in [-0.15, -0.1) is 0 Å². The van der Waals surface area contributed by atoms with E-state index in [-0.39, 0.29) is 11.9 Å². The minimum absolute atomic E-state index is 0.0572. The lowest BCUT2D eigenvalue weighted by molar-refractivity contribution is 0.176. The summed E-state index contributed by atoms with van der Waals surface area (Å²) in [5, 5.41) is 4.10. The Morgan fingerprint density at radius 2 is 2.12 bits per heavy atom. The SMILES string of the molecule is CCc1ncnc(N2CCN(C)[C@H](c3nc(C4CC4)no3)C2)c1F. The van der Waals surface area contributed by atoms with Crippen LogP contribution in [0.15, 0.2) is 10.9 Å². The van der Waals surface area contributed by atoms with E-state index in [1.807, 2.05) is 18.9 Å². The van der Waals surface area contributed by atoms with Gasteiger partial charge >= 0.3 is 0 Å². The van der Waals surface area contributed by atoms with Crippen molar-refractivity contribution in [2.45, 2.75) is 38.1 Å². The van der Waals surface area contributed by atoms with Crippen LogP contribution in [0.1, 0.15) is 49.1 Å². The van der Waals surface area contributed by atoms with E-state index in [0.29, 0.717) is 42.8 Å². The number of halogens is 1. The van der Waals surface area contributed by atoms with E-state index in [9.17, 15) is 4.39 Å². The summed E-state index contributed by atoms with van der Waals surface area (Å²) in [4.78, 5) is 16.8. The number of hydrogen-bond donors (Lipinski definition) is 0. The smallest absolute Gasteiger partial charge is 0.245 e. The highest BCUT2D eigenvalue weighted by Gasteiger charge is 2.34. The number of hydrogen-bond acceptors (Lipinski definition) is 7. The molecule has 1 saturated carbocycles. The van der Waals surface area contributed by atoms with Crippen LogP contribution in [0.4, 0.5) is 10.2 Å². The molecule has 2 aromatic heterocycles. The number of aromatic nitrogens is 4. The first-order valence-electron chi connectivity index (χ1n) is 8.45. The van der Waals surface area contributed by atoms with Crippen molar-refractivity contribution in [3.8, 4) is 0 Å². The van der Waals surface area contributed by atoms with Crippen LogP contribution in [0.2, 0.25) is 0 Å². The zero-order chi connectivity index (χ0) is 16.7. The van der Waals surface area contributed by atoms with Gasteiger partial charge in [-0.05, 0) is 26.3 Å². The molecule has 0 aromatic carbocycles. The second kappa shape index (κ2) is 6.08. The van der Waals surface area contributed by atoms with E-state index >= 15 is 0 Å². The third-order valence-corrected chi connectivity index (χ3v) is 4.81. The zero-order valence-corrected chi connectivity index (χ0v) is 13.9. The van der Waals surface area contributed by atoms with E-state index in [4.69, 9.17) is 4.52 Å². The Labute approximate surface area is 139 Å². The molecule has 1 atom stereocenters. The van der Waals surface area contributed by atoms with Gasteiger partial charge in [-0.3, -0.25) is 4.90 Å². The largest absolute Gasteiger partial charge is 0.351 e. The fourth-order valence-corrected chi connectivity index (χ4v) is 3.09. The van der Waals surface area contributed by atoms with Crippen LogP contribution >= 0.6 is 0 Å². The zero-order valence-electron chi connectivity index (χ0n) is 13.9. The molecule has 0 bridgehead atoms. The van der Waals surface area contributed by atoms with Gasteiger partial charge in [-0.2, -0.15) is 4.98 Å². The highest BCUT2D eigenvalue weighted by molar-refractivity contribution is 5.42. The van der Waals surface area contributed by atoms with E-state index < -0.39 is 0 Å². The minimum Gasteiger partial charge on any atom is -0.351 e. The maximum absolute atomic E-state index is 14.6. The monoisotopic (exact) mass is 332 g/mol. The number of aryl methyl sites for hydroxylation is 1. The summed E-state index contributed by atoms with van der Waals surface area (Å²) < 4.78 is 20.0. The number of piperazine rings is 1. The van der Waals surface area contributed by atoms with Gasteiger partial charge in [-0.25, -0.2) is 14.4 Å². The molecule has 0 radical (unpaired) electrons. The van der Waals surface area contributed by atoms with Gasteiger partial charge in [0.15, 0.2) is 17.5 Å². The summed E-state index contributed by atoms with van der Waals surface area (Å²) in [6.07, 6.45) is 4.25. The average molecular weight is 332 g/mol. The first-order chi connectivity index (χ1) is 11.7. The fourth-order valence-electron chi connectivity index (χ4n) is 3.09. The molecule has 2 aliphatic rings. The predicted molar refractivity (Wildman–Crippen MR) is 85.2 cm³/mol. The summed E-state index contributed by atoms with van der Waals surface area (Å²) in [5.74, 6) is 1.90. The van der Waals surface area contributed by atoms with Crippen molar-refractivity contribution in [3.05, 3.63) is 29.6 Å². The molecular weight excluding hydrogens is 311 g/mol. The third-order valence-electron chi connectivity index (χ3n) is 4.81. The van der Waals surface area contributed by atoms with Crippen molar-refractivity contribution in [2.75, 3.05) is 31.6 Å². The molecule has 24 heavy (non-hydrogen) atoms. The Bertz CT molecular complexity index is 731. The first-order valence-corrected chi connectivity index (χ1v) is 8.45. The first kappa shape index (κ1) is 15.4. The van der Waals surface area contributed by atoms with Gasteiger partial charge < -0.3 is 9.42 Å². The third kappa shape index (κ3) is 2.75. The molecule has 0 amide bonds. The van der Waals surface area contributed by atoms with Gasteiger partial charge in [0.2, 0.25) is 5.89 Å². The Morgan fingerprint density at radius 1 is 1.29 bits per heavy atom. The van der Waals surface area contributed by atoms with Crippen LogP contribution in [-0.4, -0.2) is 51.7 Å². The van der Waals surface area contributed by atoms with Crippen LogP contribution in [0.25, 0.3) is 0 Å². The van der Waals surface area contributed by atoms with Crippen molar-refractivity contribution < 1.29 is 8.91 Å². The van der Waals surface area contributed by atoms with Crippen molar-refractivity contribution >= 4 is 5.82 Å². The van der Waals surface area contributed by atoms with Gasteiger partial charge in [0.05, 0.1) is 5.69 Å². The van der Waals surface area contributed by atoms with Crippen LogP contribution in [0.5, 0.6) is 0 Å².